The zero-order chi connectivity index (χ0) is 11.8. The first-order valence-electron chi connectivity index (χ1n) is 5.09. The topological polar surface area (TPSA) is 60.2 Å². The molecule has 1 aromatic heterocycles. The molecule has 3 nitrogen and oxygen atoms in total. The molecule has 1 aliphatic rings. The summed E-state index contributed by atoms with van der Waals surface area (Å²) in [4.78, 5) is 1.20. The normalized spacial score (nSPS) is 28.4. The van der Waals surface area contributed by atoms with Crippen molar-refractivity contribution in [3.8, 4) is 0 Å². The summed E-state index contributed by atoms with van der Waals surface area (Å²) in [7, 11) is -2.87. The minimum atomic E-state index is -2.87. The summed E-state index contributed by atoms with van der Waals surface area (Å²) in [5.41, 5.74) is 5.54. The van der Waals surface area contributed by atoms with Crippen LogP contribution in [0.2, 0.25) is 0 Å². The second-order valence-electron chi connectivity index (χ2n) is 4.41. The van der Waals surface area contributed by atoms with Gasteiger partial charge in [0.15, 0.2) is 9.84 Å². The Labute approximate surface area is 108 Å². The third-order valence-corrected chi connectivity index (χ3v) is 6.93. The minimum Gasteiger partial charge on any atom is -0.330 e. The molecule has 1 fully saturated rings. The van der Waals surface area contributed by atoms with E-state index in [1.807, 2.05) is 11.4 Å². The Kier molecular flexibility index (Phi) is 3.45. The standard InChI is InChI=1S/C10H14BrNO2S2/c11-8-1-3-15-9(8)5-10(6-12)2-4-16(13,14)7-10/h1,3H,2,4-7,12H2. The van der Waals surface area contributed by atoms with Crippen molar-refractivity contribution in [3.05, 3.63) is 20.8 Å². The first-order chi connectivity index (χ1) is 7.46. The predicted octanol–water partition coefficient (Wildman–Crippen LogP) is 1.82. The largest absolute Gasteiger partial charge is 0.330 e. The SMILES string of the molecule is NCC1(Cc2sccc2Br)CCS(=O)(=O)C1. The van der Waals surface area contributed by atoms with Crippen LogP contribution in [-0.2, 0) is 16.3 Å². The Morgan fingerprint density at radius 3 is 2.75 bits per heavy atom. The molecule has 0 bridgehead atoms. The third kappa shape index (κ3) is 2.50. The van der Waals surface area contributed by atoms with Crippen LogP contribution in [0.15, 0.2) is 15.9 Å². The molecule has 90 valence electrons. The molecule has 1 saturated heterocycles. The molecule has 0 aliphatic carbocycles. The fourth-order valence-electron chi connectivity index (χ4n) is 2.15. The number of sulfone groups is 1. The summed E-state index contributed by atoms with van der Waals surface area (Å²) in [6.45, 7) is 0.441. The van der Waals surface area contributed by atoms with Gasteiger partial charge in [0.05, 0.1) is 11.5 Å². The van der Waals surface area contributed by atoms with Crippen LogP contribution in [0.1, 0.15) is 11.3 Å². The fourth-order valence-corrected chi connectivity index (χ4v) is 6.00. The number of thiophene rings is 1. The van der Waals surface area contributed by atoms with Gasteiger partial charge in [0.25, 0.3) is 0 Å². The van der Waals surface area contributed by atoms with E-state index in [0.717, 1.165) is 10.9 Å². The highest BCUT2D eigenvalue weighted by Gasteiger charge is 2.41. The van der Waals surface area contributed by atoms with E-state index < -0.39 is 9.84 Å². The highest BCUT2D eigenvalue weighted by molar-refractivity contribution is 9.10. The van der Waals surface area contributed by atoms with Gasteiger partial charge in [-0.25, -0.2) is 8.42 Å². The first kappa shape index (κ1) is 12.5. The molecule has 0 radical (unpaired) electrons. The van der Waals surface area contributed by atoms with E-state index in [1.54, 1.807) is 11.3 Å². The molecule has 0 spiro atoms. The number of rotatable bonds is 3. The van der Waals surface area contributed by atoms with E-state index in [1.165, 1.54) is 4.88 Å². The highest BCUT2D eigenvalue weighted by Crippen LogP contribution is 2.38. The van der Waals surface area contributed by atoms with Gasteiger partial charge in [-0.1, -0.05) is 0 Å². The quantitative estimate of drug-likeness (QED) is 0.922. The maximum absolute atomic E-state index is 11.6. The fraction of sp³-hybridized carbons (Fsp3) is 0.600. The lowest BCUT2D eigenvalue weighted by Gasteiger charge is -2.25. The summed E-state index contributed by atoms with van der Waals surface area (Å²) < 4.78 is 24.2. The summed E-state index contributed by atoms with van der Waals surface area (Å²) in [6.07, 6.45) is 1.46. The second kappa shape index (κ2) is 4.40. The number of hydrogen-bond acceptors (Lipinski definition) is 4. The Hall–Kier alpha value is 0.0900. The van der Waals surface area contributed by atoms with E-state index >= 15 is 0 Å². The second-order valence-corrected chi connectivity index (χ2v) is 8.45. The van der Waals surface area contributed by atoms with Crippen LogP contribution in [0.25, 0.3) is 0 Å². The molecule has 1 aliphatic heterocycles. The van der Waals surface area contributed by atoms with E-state index in [9.17, 15) is 8.42 Å². The van der Waals surface area contributed by atoms with Gasteiger partial charge in [-0.3, -0.25) is 0 Å². The summed E-state index contributed by atoms with van der Waals surface area (Å²) in [5.74, 6) is 0.522. The van der Waals surface area contributed by atoms with Gasteiger partial charge in [-0.15, -0.1) is 11.3 Å². The van der Waals surface area contributed by atoms with Crippen LogP contribution >= 0.6 is 27.3 Å². The van der Waals surface area contributed by atoms with Crippen molar-refractivity contribution in [2.45, 2.75) is 12.8 Å². The molecule has 1 aromatic rings. The Balaban J connectivity index is 2.22. The Bertz CT molecular complexity index is 483. The van der Waals surface area contributed by atoms with Crippen molar-refractivity contribution in [3.63, 3.8) is 0 Å². The molecule has 2 N–H and O–H groups in total. The summed E-state index contributed by atoms with van der Waals surface area (Å²) in [5, 5.41) is 2.01. The van der Waals surface area contributed by atoms with Gasteiger partial charge >= 0.3 is 0 Å². The van der Waals surface area contributed by atoms with Gasteiger partial charge < -0.3 is 5.73 Å². The zero-order valence-corrected chi connectivity index (χ0v) is 12.0. The first-order valence-corrected chi connectivity index (χ1v) is 8.58. The van der Waals surface area contributed by atoms with Crippen molar-refractivity contribution in [1.82, 2.24) is 0 Å². The Morgan fingerprint density at radius 1 is 1.56 bits per heavy atom. The molecule has 1 atom stereocenters. The van der Waals surface area contributed by atoms with Crippen LogP contribution in [0.4, 0.5) is 0 Å². The maximum Gasteiger partial charge on any atom is 0.150 e. The average Bonchev–Trinajstić information content (AvgIpc) is 2.73. The van der Waals surface area contributed by atoms with Gasteiger partial charge in [0.1, 0.15) is 0 Å². The van der Waals surface area contributed by atoms with E-state index in [2.05, 4.69) is 15.9 Å². The number of nitrogens with two attached hydrogens (primary N) is 1. The predicted molar refractivity (Wildman–Crippen MR) is 70.5 cm³/mol. The summed E-state index contributed by atoms with van der Waals surface area (Å²) in [6, 6.07) is 1.99. The zero-order valence-electron chi connectivity index (χ0n) is 8.78. The monoisotopic (exact) mass is 323 g/mol. The van der Waals surface area contributed by atoms with Crippen LogP contribution in [0, 0.1) is 5.41 Å². The van der Waals surface area contributed by atoms with Crippen molar-refractivity contribution in [2.24, 2.45) is 11.1 Å². The molecule has 2 heterocycles. The van der Waals surface area contributed by atoms with E-state index in [-0.39, 0.29) is 16.9 Å². The Morgan fingerprint density at radius 2 is 2.31 bits per heavy atom. The van der Waals surface area contributed by atoms with Crippen molar-refractivity contribution in [2.75, 3.05) is 18.1 Å². The van der Waals surface area contributed by atoms with Gasteiger partial charge in [0, 0.05) is 14.8 Å². The molecule has 6 heteroatoms. The van der Waals surface area contributed by atoms with Crippen LogP contribution in [-0.4, -0.2) is 26.5 Å². The summed E-state index contributed by atoms with van der Waals surface area (Å²) >= 11 is 5.13. The smallest absolute Gasteiger partial charge is 0.150 e. The van der Waals surface area contributed by atoms with Crippen molar-refractivity contribution in [1.29, 1.82) is 0 Å². The lowest BCUT2D eigenvalue weighted by Crippen LogP contribution is -2.33. The number of hydrogen-bond donors (Lipinski definition) is 1. The lowest BCUT2D eigenvalue weighted by atomic mass is 9.83. The molecule has 0 saturated carbocycles. The van der Waals surface area contributed by atoms with Crippen molar-refractivity contribution >= 4 is 37.1 Å². The van der Waals surface area contributed by atoms with Crippen molar-refractivity contribution < 1.29 is 8.42 Å². The lowest BCUT2D eigenvalue weighted by molar-refractivity contribution is 0.346. The minimum absolute atomic E-state index is 0.237. The van der Waals surface area contributed by atoms with Crippen LogP contribution in [0.5, 0.6) is 0 Å². The molecule has 2 rings (SSSR count). The molecule has 16 heavy (non-hydrogen) atoms. The van der Waals surface area contributed by atoms with E-state index in [0.29, 0.717) is 13.0 Å². The number of halogens is 1. The molecule has 1 unspecified atom stereocenters. The van der Waals surface area contributed by atoms with Gasteiger partial charge in [-0.05, 0) is 46.8 Å². The molecule has 0 aromatic carbocycles. The van der Waals surface area contributed by atoms with Crippen LogP contribution < -0.4 is 5.73 Å². The molecule has 0 amide bonds. The van der Waals surface area contributed by atoms with Gasteiger partial charge in [0.2, 0.25) is 0 Å². The molecular weight excluding hydrogens is 310 g/mol. The van der Waals surface area contributed by atoms with Crippen LogP contribution in [0.3, 0.4) is 0 Å². The average molecular weight is 324 g/mol. The third-order valence-electron chi connectivity index (χ3n) is 3.13. The highest BCUT2D eigenvalue weighted by atomic mass is 79.9. The van der Waals surface area contributed by atoms with E-state index in [4.69, 9.17) is 5.73 Å². The maximum atomic E-state index is 11.6. The van der Waals surface area contributed by atoms with Gasteiger partial charge in [-0.2, -0.15) is 0 Å². The molecular formula is C10H14BrNO2S2.